The lowest BCUT2D eigenvalue weighted by atomic mass is 10.0. The Morgan fingerprint density at radius 1 is 1.27 bits per heavy atom. The molecule has 26 heavy (non-hydrogen) atoms. The van der Waals surface area contributed by atoms with Crippen LogP contribution in [0.4, 0.5) is 0 Å². The van der Waals surface area contributed by atoms with Gasteiger partial charge in [-0.3, -0.25) is 4.79 Å². The first-order chi connectivity index (χ1) is 12.6. The van der Waals surface area contributed by atoms with E-state index < -0.39 is 0 Å². The molecule has 0 saturated carbocycles. The molecule has 1 aromatic carbocycles. The number of hydrogen-bond donors (Lipinski definition) is 1. The van der Waals surface area contributed by atoms with Crippen molar-refractivity contribution < 1.29 is 4.79 Å². The Morgan fingerprint density at radius 3 is 2.62 bits per heavy atom. The number of likely N-dealkylation sites (tertiary alicyclic amines) is 1. The highest BCUT2D eigenvalue weighted by Gasteiger charge is 2.24. The molecule has 2 heterocycles. The van der Waals surface area contributed by atoms with Crippen molar-refractivity contribution in [2.24, 2.45) is 0 Å². The number of benzene rings is 1. The van der Waals surface area contributed by atoms with Crippen molar-refractivity contribution >= 4 is 5.91 Å². The Hall–Kier alpha value is -2.14. The maximum absolute atomic E-state index is 12.6. The molecule has 1 N–H and O–H groups in total. The first-order valence-electron chi connectivity index (χ1n) is 9.68. The fourth-order valence-corrected chi connectivity index (χ4v) is 3.70. The van der Waals surface area contributed by atoms with Crippen LogP contribution < -0.4 is 5.32 Å². The van der Waals surface area contributed by atoms with Gasteiger partial charge in [0.1, 0.15) is 5.82 Å². The van der Waals surface area contributed by atoms with Gasteiger partial charge in [-0.05, 0) is 38.8 Å². The largest absolute Gasteiger partial charge is 0.339 e. The van der Waals surface area contributed by atoms with Gasteiger partial charge in [0.2, 0.25) is 0 Å². The number of carbonyl (C=O) groups is 1. The molecule has 0 aliphatic carbocycles. The Morgan fingerprint density at radius 2 is 1.96 bits per heavy atom. The van der Waals surface area contributed by atoms with Gasteiger partial charge in [0.05, 0.1) is 0 Å². The van der Waals surface area contributed by atoms with E-state index in [9.17, 15) is 4.79 Å². The second-order valence-corrected chi connectivity index (χ2v) is 7.35. The summed E-state index contributed by atoms with van der Waals surface area (Å²) >= 11 is 0. The average Bonchev–Trinajstić information content (AvgIpc) is 3.09. The number of aryl methyl sites for hydroxylation is 2. The van der Waals surface area contributed by atoms with Gasteiger partial charge in [-0.15, -0.1) is 0 Å². The van der Waals surface area contributed by atoms with Crippen molar-refractivity contribution in [1.29, 1.82) is 0 Å². The SMILES string of the molecule is CCc1nccn1CC(C)NC1CCN(C(=O)c2ccc(C)cc2)CC1. The molecule has 5 nitrogen and oxygen atoms in total. The molecule has 1 atom stereocenters. The van der Waals surface area contributed by atoms with Gasteiger partial charge in [-0.25, -0.2) is 4.98 Å². The summed E-state index contributed by atoms with van der Waals surface area (Å²) < 4.78 is 2.23. The Bertz CT molecular complexity index is 714. The number of carbonyl (C=O) groups excluding carboxylic acids is 1. The quantitative estimate of drug-likeness (QED) is 0.867. The number of amides is 1. The average molecular weight is 354 g/mol. The fraction of sp³-hybridized carbons (Fsp3) is 0.524. The van der Waals surface area contributed by atoms with E-state index in [0.29, 0.717) is 12.1 Å². The van der Waals surface area contributed by atoms with Crippen LogP contribution in [0.1, 0.15) is 48.4 Å². The van der Waals surface area contributed by atoms with Crippen molar-refractivity contribution in [1.82, 2.24) is 19.8 Å². The second kappa shape index (κ2) is 8.49. The zero-order valence-corrected chi connectivity index (χ0v) is 16.1. The zero-order valence-electron chi connectivity index (χ0n) is 16.1. The predicted octanol–water partition coefficient (Wildman–Crippen LogP) is 3.04. The van der Waals surface area contributed by atoms with Crippen LogP contribution in [0.25, 0.3) is 0 Å². The van der Waals surface area contributed by atoms with Gasteiger partial charge in [0, 0.05) is 56.1 Å². The summed E-state index contributed by atoms with van der Waals surface area (Å²) in [4.78, 5) is 19.0. The molecule has 3 rings (SSSR count). The minimum atomic E-state index is 0.155. The van der Waals surface area contributed by atoms with Gasteiger partial charge in [-0.1, -0.05) is 24.6 Å². The molecule has 1 unspecified atom stereocenters. The molecule has 1 saturated heterocycles. The lowest BCUT2D eigenvalue weighted by molar-refractivity contribution is 0.0701. The minimum Gasteiger partial charge on any atom is -0.339 e. The Kier molecular flexibility index (Phi) is 6.09. The van der Waals surface area contributed by atoms with Crippen LogP contribution in [0, 0.1) is 6.92 Å². The summed E-state index contributed by atoms with van der Waals surface area (Å²) in [6.45, 7) is 8.98. The van der Waals surface area contributed by atoms with Gasteiger partial charge in [0.15, 0.2) is 0 Å². The third-order valence-corrected chi connectivity index (χ3v) is 5.19. The van der Waals surface area contributed by atoms with Crippen LogP contribution in [0.3, 0.4) is 0 Å². The highest BCUT2D eigenvalue weighted by Crippen LogP contribution is 2.15. The fourth-order valence-electron chi connectivity index (χ4n) is 3.70. The van der Waals surface area contributed by atoms with Gasteiger partial charge >= 0.3 is 0 Å². The summed E-state index contributed by atoms with van der Waals surface area (Å²) in [6, 6.07) is 8.73. The van der Waals surface area contributed by atoms with Crippen LogP contribution in [-0.2, 0) is 13.0 Å². The third-order valence-electron chi connectivity index (χ3n) is 5.19. The molecule has 0 radical (unpaired) electrons. The van der Waals surface area contributed by atoms with Crippen molar-refractivity contribution in [3.05, 3.63) is 53.6 Å². The van der Waals surface area contributed by atoms with E-state index in [-0.39, 0.29) is 5.91 Å². The molecular formula is C21H30N4O. The summed E-state index contributed by atoms with van der Waals surface area (Å²) in [5, 5.41) is 3.73. The standard InChI is InChI=1S/C21H30N4O/c1-4-20-22-11-14-25(20)15-17(3)23-19-9-12-24(13-10-19)21(26)18-7-5-16(2)6-8-18/h5-8,11,14,17,19,23H,4,9-10,12-13,15H2,1-3H3. The first kappa shape index (κ1) is 18.6. The summed E-state index contributed by atoms with van der Waals surface area (Å²) in [5.41, 5.74) is 1.98. The van der Waals surface area contributed by atoms with Crippen LogP contribution in [0.5, 0.6) is 0 Å². The monoisotopic (exact) mass is 354 g/mol. The van der Waals surface area contributed by atoms with E-state index in [0.717, 1.165) is 50.3 Å². The first-order valence-corrected chi connectivity index (χ1v) is 9.68. The molecular weight excluding hydrogens is 324 g/mol. The summed E-state index contributed by atoms with van der Waals surface area (Å²) in [5.74, 6) is 1.29. The van der Waals surface area contributed by atoms with E-state index in [1.807, 2.05) is 42.3 Å². The number of aromatic nitrogens is 2. The Balaban J connectivity index is 1.47. The number of piperidine rings is 1. The molecule has 1 fully saturated rings. The third kappa shape index (κ3) is 4.52. The van der Waals surface area contributed by atoms with Crippen molar-refractivity contribution in [2.75, 3.05) is 13.1 Å². The molecule has 2 aromatic rings. The molecule has 5 heteroatoms. The van der Waals surface area contributed by atoms with Crippen LogP contribution in [0.15, 0.2) is 36.7 Å². The highest BCUT2D eigenvalue weighted by atomic mass is 16.2. The number of nitrogens with zero attached hydrogens (tertiary/aromatic N) is 3. The number of nitrogens with one attached hydrogen (secondary N) is 1. The lowest BCUT2D eigenvalue weighted by Gasteiger charge is -2.34. The minimum absolute atomic E-state index is 0.155. The topological polar surface area (TPSA) is 50.2 Å². The zero-order chi connectivity index (χ0) is 18.5. The smallest absolute Gasteiger partial charge is 0.253 e. The van der Waals surface area contributed by atoms with E-state index in [1.54, 1.807) is 0 Å². The molecule has 1 aliphatic heterocycles. The van der Waals surface area contributed by atoms with Gasteiger partial charge in [-0.2, -0.15) is 0 Å². The highest BCUT2D eigenvalue weighted by molar-refractivity contribution is 5.94. The summed E-state index contributed by atoms with van der Waals surface area (Å²) in [6.07, 6.45) is 6.90. The van der Waals surface area contributed by atoms with Crippen LogP contribution in [-0.4, -0.2) is 45.5 Å². The molecule has 0 bridgehead atoms. The Labute approximate surface area is 156 Å². The van der Waals surface area contributed by atoms with E-state index in [4.69, 9.17) is 0 Å². The van der Waals surface area contributed by atoms with Crippen molar-refractivity contribution in [3.63, 3.8) is 0 Å². The molecule has 1 aliphatic rings. The van der Waals surface area contributed by atoms with Crippen molar-refractivity contribution in [3.8, 4) is 0 Å². The molecule has 1 aromatic heterocycles. The summed E-state index contributed by atoms with van der Waals surface area (Å²) in [7, 11) is 0. The van der Waals surface area contributed by atoms with Gasteiger partial charge in [0.25, 0.3) is 5.91 Å². The van der Waals surface area contributed by atoms with Crippen LogP contribution in [0.2, 0.25) is 0 Å². The number of hydrogen-bond acceptors (Lipinski definition) is 3. The van der Waals surface area contributed by atoms with E-state index in [2.05, 4.69) is 34.9 Å². The number of imidazole rings is 1. The number of rotatable bonds is 6. The lowest BCUT2D eigenvalue weighted by Crippen LogP contribution is -2.48. The molecule has 1 amide bonds. The maximum Gasteiger partial charge on any atom is 0.253 e. The normalized spacial score (nSPS) is 16.7. The second-order valence-electron chi connectivity index (χ2n) is 7.35. The van der Waals surface area contributed by atoms with Gasteiger partial charge < -0.3 is 14.8 Å². The molecule has 0 spiro atoms. The van der Waals surface area contributed by atoms with Crippen molar-refractivity contribution in [2.45, 2.75) is 58.7 Å². The maximum atomic E-state index is 12.6. The van der Waals surface area contributed by atoms with Crippen LogP contribution >= 0.6 is 0 Å². The predicted molar refractivity (Wildman–Crippen MR) is 104 cm³/mol. The molecule has 140 valence electrons. The van der Waals surface area contributed by atoms with E-state index in [1.165, 1.54) is 5.56 Å². The van der Waals surface area contributed by atoms with E-state index >= 15 is 0 Å².